The van der Waals surface area contributed by atoms with Crippen molar-refractivity contribution in [3.05, 3.63) is 53.1 Å². The predicted octanol–water partition coefficient (Wildman–Crippen LogP) is 2.54. The zero-order valence-electron chi connectivity index (χ0n) is 9.10. The Kier molecular flexibility index (Phi) is 1.95. The molecule has 3 N–H and O–H groups in total. The summed E-state index contributed by atoms with van der Waals surface area (Å²) in [7, 11) is 0. The van der Waals surface area contributed by atoms with Crippen LogP contribution in [0.1, 0.15) is 21.5 Å². The number of carboxylic acid groups (broad SMARTS) is 1. The van der Waals surface area contributed by atoms with Crippen LogP contribution in [-0.2, 0) is 6.42 Å². The second-order valence-corrected chi connectivity index (χ2v) is 4.24. The number of hydrogen-bond donors (Lipinski definition) is 2. The summed E-state index contributed by atoms with van der Waals surface area (Å²) in [5.74, 6) is -0.977. The number of nitrogens with two attached hydrogens (primary N) is 1. The first-order valence-corrected chi connectivity index (χ1v) is 5.41. The molecule has 1 aliphatic rings. The molecule has 2 aromatic carbocycles. The Balaban J connectivity index is 2.26. The fraction of sp³-hybridized carbons (Fsp3) is 0.0714. The van der Waals surface area contributed by atoms with Gasteiger partial charge in [0.2, 0.25) is 0 Å². The molecule has 0 fully saturated rings. The van der Waals surface area contributed by atoms with E-state index < -0.39 is 5.97 Å². The highest BCUT2D eigenvalue weighted by Crippen LogP contribution is 2.38. The molecule has 0 radical (unpaired) electrons. The normalized spacial score (nSPS) is 12.0. The number of carbonyl (C=O) groups is 1. The SMILES string of the molecule is Nc1cc2c(cc1C(=O)O)-c1ccccc1C2. The van der Waals surface area contributed by atoms with Gasteiger partial charge in [0, 0.05) is 5.69 Å². The second kappa shape index (κ2) is 3.35. The Labute approximate surface area is 98.5 Å². The summed E-state index contributed by atoms with van der Waals surface area (Å²) in [5.41, 5.74) is 10.7. The molecule has 0 atom stereocenters. The van der Waals surface area contributed by atoms with E-state index in [0.717, 1.165) is 23.1 Å². The molecule has 0 spiro atoms. The number of hydrogen-bond acceptors (Lipinski definition) is 2. The first-order valence-electron chi connectivity index (χ1n) is 5.41. The lowest BCUT2D eigenvalue weighted by atomic mass is 10.0. The van der Waals surface area contributed by atoms with E-state index in [0.29, 0.717) is 5.69 Å². The van der Waals surface area contributed by atoms with E-state index >= 15 is 0 Å². The number of anilines is 1. The van der Waals surface area contributed by atoms with Crippen molar-refractivity contribution in [2.75, 3.05) is 5.73 Å². The zero-order valence-corrected chi connectivity index (χ0v) is 9.10. The molecule has 3 heteroatoms. The van der Waals surface area contributed by atoms with Crippen LogP contribution in [0, 0.1) is 0 Å². The highest BCUT2D eigenvalue weighted by Gasteiger charge is 2.21. The Morgan fingerprint density at radius 1 is 1.12 bits per heavy atom. The van der Waals surface area contributed by atoms with E-state index in [1.54, 1.807) is 12.1 Å². The minimum Gasteiger partial charge on any atom is -0.478 e. The molecule has 0 aliphatic heterocycles. The quantitative estimate of drug-likeness (QED) is 0.625. The highest BCUT2D eigenvalue weighted by molar-refractivity contribution is 5.96. The van der Waals surface area contributed by atoms with Gasteiger partial charge in [-0.25, -0.2) is 4.79 Å². The van der Waals surface area contributed by atoms with Gasteiger partial charge in [-0.2, -0.15) is 0 Å². The molecule has 0 saturated heterocycles. The van der Waals surface area contributed by atoms with Gasteiger partial charge < -0.3 is 10.8 Å². The van der Waals surface area contributed by atoms with Crippen molar-refractivity contribution in [2.45, 2.75) is 6.42 Å². The number of rotatable bonds is 1. The maximum atomic E-state index is 11.1. The molecule has 0 heterocycles. The summed E-state index contributed by atoms with van der Waals surface area (Å²) in [4.78, 5) is 11.1. The molecule has 0 amide bonds. The van der Waals surface area contributed by atoms with Gasteiger partial charge in [0.15, 0.2) is 0 Å². The molecule has 0 saturated carbocycles. The number of fused-ring (bicyclic) bond motifs is 3. The Bertz CT molecular complexity index is 632. The van der Waals surface area contributed by atoms with Gasteiger partial charge in [0.25, 0.3) is 0 Å². The van der Waals surface area contributed by atoms with Crippen LogP contribution in [-0.4, -0.2) is 11.1 Å². The summed E-state index contributed by atoms with van der Waals surface area (Å²) in [6, 6.07) is 11.5. The van der Waals surface area contributed by atoms with Gasteiger partial charge in [-0.15, -0.1) is 0 Å². The predicted molar refractivity (Wildman–Crippen MR) is 66.1 cm³/mol. The van der Waals surface area contributed by atoms with Crippen LogP contribution in [0.4, 0.5) is 5.69 Å². The van der Waals surface area contributed by atoms with E-state index in [4.69, 9.17) is 10.8 Å². The lowest BCUT2D eigenvalue weighted by molar-refractivity contribution is 0.0698. The van der Waals surface area contributed by atoms with E-state index in [2.05, 4.69) is 6.07 Å². The molecular formula is C14H11NO2. The molecule has 0 aromatic heterocycles. The summed E-state index contributed by atoms with van der Waals surface area (Å²) in [5, 5.41) is 9.06. The van der Waals surface area contributed by atoms with E-state index in [1.165, 1.54) is 5.56 Å². The van der Waals surface area contributed by atoms with Crippen LogP contribution >= 0.6 is 0 Å². The first kappa shape index (κ1) is 9.90. The van der Waals surface area contributed by atoms with Crippen LogP contribution in [0.5, 0.6) is 0 Å². The Hall–Kier alpha value is -2.29. The number of nitrogen functional groups attached to an aromatic ring is 1. The summed E-state index contributed by atoms with van der Waals surface area (Å²) >= 11 is 0. The van der Waals surface area contributed by atoms with Gasteiger partial charge in [-0.3, -0.25) is 0 Å². The van der Waals surface area contributed by atoms with Crippen molar-refractivity contribution in [3.63, 3.8) is 0 Å². The number of carboxylic acids is 1. The first-order chi connectivity index (χ1) is 8.16. The molecule has 0 bridgehead atoms. The van der Waals surface area contributed by atoms with E-state index in [9.17, 15) is 4.79 Å². The van der Waals surface area contributed by atoms with Crippen LogP contribution < -0.4 is 5.73 Å². The van der Waals surface area contributed by atoms with E-state index in [1.807, 2.05) is 18.2 Å². The fourth-order valence-corrected chi connectivity index (χ4v) is 2.39. The largest absolute Gasteiger partial charge is 0.478 e. The molecular weight excluding hydrogens is 214 g/mol. The van der Waals surface area contributed by atoms with Gasteiger partial charge in [0.1, 0.15) is 0 Å². The maximum Gasteiger partial charge on any atom is 0.337 e. The van der Waals surface area contributed by atoms with Crippen molar-refractivity contribution in [3.8, 4) is 11.1 Å². The number of benzene rings is 2. The molecule has 17 heavy (non-hydrogen) atoms. The van der Waals surface area contributed by atoms with Crippen molar-refractivity contribution < 1.29 is 9.90 Å². The summed E-state index contributed by atoms with van der Waals surface area (Å²) < 4.78 is 0. The Morgan fingerprint density at radius 2 is 1.88 bits per heavy atom. The van der Waals surface area contributed by atoms with Crippen molar-refractivity contribution in [2.24, 2.45) is 0 Å². The van der Waals surface area contributed by atoms with Gasteiger partial charge >= 0.3 is 5.97 Å². The standard InChI is InChI=1S/C14H11NO2/c15-13-6-9-5-8-3-1-2-4-10(8)11(9)7-12(13)14(16)17/h1-4,6-7H,5,15H2,(H,16,17). The lowest BCUT2D eigenvalue weighted by Gasteiger charge is -2.05. The Morgan fingerprint density at radius 3 is 2.65 bits per heavy atom. The van der Waals surface area contributed by atoms with Gasteiger partial charge in [0.05, 0.1) is 5.56 Å². The average molecular weight is 225 g/mol. The highest BCUT2D eigenvalue weighted by atomic mass is 16.4. The molecule has 2 aromatic rings. The van der Waals surface area contributed by atoms with Crippen LogP contribution in [0.25, 0.3) is 11.1 Å². The zero-order chi connectivity index (χ0) is 12.0. The number of aromatic carboxylic acids is 1. The van der Waals surface area contributed by atoms with Gasteiger partial charge in [-0.1, -0.05) is 24.3 Å². The summed E-state index contributed by atoms with van der Waals surface area (Å²) in [6.07, 6.45) is 0.829. The summed E-state index contributed by atoms with van der Waals surface area (Å²) in [6.45, 7) is 0. The smallest absolute Gasteiger partial charge is 0.337 e. The lowest BCUT2D eigenvalue weighted by Crippen LogP contribution is -2.03. The minimum absolute atomic E-state index is 0.181. The fourth-order valence-electron chi connectivity index (χ4n) is 2.39. The minimum atomic E-state index is -0.977. The molecule has 3 rings (SSSR count). The molecule has 3 nitrogen and oxygen atoms in total. The maximum absolute atomic E-state index is 11.1. The van der Waals surface area contributed by atoms with Crippen LogP contribution in [0.2, 0.25) is 0 Å². The van der Waals surface area contributed by atoms with Crippen LogP contribution in [0.15, 0.2) is 36.4 Å². The van der Waals surface area contributed by atoms with Gasteiger partial charge in [-0.05, 0) is 40.8 Å². The van der Waals surface area contributed by atoms with Crippen molar-refractivity contribution >= 4 is 11.7 Å². The third-order valence-electron chi connectivity index (χ3n) is 3.19. The average Bonchev–Trinajstić information content (AvgIpc) is 2.64. The third kappa shape index (κ3) is 1.40. The van der Waals surface area contributed by atoms with Crippen molar-refractivity contribution in [1.82, 2.24) is 0 Å². The van der Waals surface area contributed by atoms with Crippen LogP contribution in [0.3, 0.4) is 0 Å². The van der Waals surface area contributed by atoms with E-state index in [-0.39, 0.29) is 5.56 Å². The molecule has 84 valence electrons. The monoisotopic (exact) mass is 225 g/mol. The van der Waals surface area contributed by atoms with Crippen molar-refractivity contribution in [1.29, 1.82) is 0 Å². The second-order valence-electron chi connectivity index (χ2n) is 4.24. The topological polar surface area (TPSA) is 63.3 Å². The molecule has 1 aliphatic carbocycles. The third-order valence-corrected chi connectivity index (χ3v) is 3.19. The molecule has 0 unspecified atom stereocenters.